The van der Waals surface area contributed by atoms with Crippen LogP contribution in [0.25, 0.3) is 0 Å². The van der Waals surface area contributed by atoms with Crippen LogP contribution in [-0.4, -0.2) is 54.2 Å². The first-order valence-electron chi connectivity index (χ1n) is 7.94. The van der Waals surface area contributed by atoms with Crippen molar-refractivity contribution in [1.82, 2.24) is 9.80 Å². The second kappa shape index (κ2) is 6.25. The van der Waals surface area contributed by atoms with Gasteiger partial charge < -0.3 is 10.0 Å². The molecule has 1 saturated heterocycles. The van der Waals surface area contributed by atoms with Gasteiger partial charge in [0, 0.05) is 19.1 Å². The van der Waals surface area contributed by atoms with E-state index in [1.165, 1.54) is 24.9 Å². The molecule has 3 rings (SSSR count). The summed E-state index contributed by atoms with van der Waals surface area (Å²) < 4.78 is 0. The predicted octanol–water partition coefficient (Wildman–Crippen LogP) is 2.06. The molecule has 2 aliphatic rings. The van der Waals surface area contributed by atoms with Crippen molar-refractivity contribution in [2.24, 2.45) is 0 Å². The Kier molecular flexibility index (Phi) is 4.39. The van der Waals surface area contributed by atoms with E-state index in [0.29, 0.717) is 6.04 Å². The Morgan fingerprint density at radius 1 is 1.05 bits per heavy atom. The molecular weight excluding hydrogens is 248 g/mol. The average Bonchev–Trinajstić information content (AvgIpc) is 2.76. The van der Waals surface area contributed by atoms with Crippen LogP contribution in [0.4, 0.5) is 0 Å². The van der Waals surface area contributed by atoms with Crippen LogP contribution in [0, 0.1) is 0 Å². The van der Waals surface area contributed by atoms with E-state index < -0.39 is 0 Å². The third kappa shape index (κ3) is 2.90. The highest BCUT2D eigenvalue weighted by molar-refractivity contribution is 5.31. The van der Waals surface area contributed by atoms with Crippen molar-refractivity contribution < 1.29 is 5.11 Å². The molecule has 1 heterocycles. The van der Waals surface area contributed by atoms with Gasteiger partial charge in [0.15, 0.2) is 0 Å². The maximum atomic E-state index is 10.9. The molecule has 0 saturated carbocycles. The van der Waals surface area contributed by atoms with Gasteiger partial charge in [-0.05, 0) is 56.9 Å². The Labute approximate surface area is 122 Å². The lowest BCUT2D eigenvalue weighted by molar-refractivity contribution is 0.0470. The SMILES string of the molecule is CN1CCCN(C2CCCc3ccccc3C2O)CC1. The van der Waals surface area contributed by atoms with Crippen molar-refractivity contribution in [3.63, 3.8) is 0 Å². The Morgan fingerprint density at radius 2 is 1.90 bits per heavy atom. The number of aliphatic hydroxyl groups excluding tert-OH is 1. The summed E-state index contributed by atoms with van der Waals surface area (Å²) in [5.41, 5.74) is 2.50. The Morgan fingerprint density at radius 3 is 2.80 bits per heavy atom. The quantitative estimate of drug-likeness (QED) is 0.794. The summed E-state index contributed by atoms with van der Waals surface area (Å²) in [6.45, 7) is 4.50. The van der Waals surface area contributed by atoms with Gasteiger partial charge in [-0.2, -0.15) is 0 Å². The molecule has 2 atom stereocenters. The molecule has 1 aliphatic carbocycles. The molecule has 1 N–H and O–H groups in total. The van der Waals surface area contributed by atoms with Crippen LogP contribution in [0.2, 0.25) is 0 Å². The van der Waals surface area contributed by atoms with Crippen LogP contribution in [0.15, 0.2) is 24.3 Å². The van der Waals surface area contributed by atoms with Gasteiger partial charge in [0.05, 0.1) is 6.10 Å². The lowest BCUT2D eigenvalue weighted by Crippen LogP contribution is -2.41. The van der Waals surface area contributed by atoms with E-state index in [-0.39, 0.29) is 6.10 Å². The summed E-state index contributed by atoms with van der Waals surface area (Å²) in [4.78, 5) is 4.92. The van der Waals surface area contributed by atoms with E-state index in [9.17, 15) is 5.11 Å². The molecule has 20 heavy (non-hydrogen) atoms. The van der Waals surface area contributed by atoms with Gasteiger partial charge in [-0.3, -0.25) is 4.90 Å². The standard InChI is InChI=1S/C17H26N2O/c1-18-10-5-11-19(13-12-18)16-9-4-7-14-6-2-3-8-15(14)17(16)20/h2-3,6,8,16-17,20H,4-5,7,9-13H2,1H3. The second-order valence-corrected chi connectivity index (χ2v) is 6.30. The Hall–Kier alpha value is -0.900. The average molecular weight is 274 g/mol. The zero-order chi connectivity index (χ0) is 13.9. The fraction of sp³-hybridized carbons (Fsp3) is 0.647. The molecule has 0 aromatic heterocycles. The Balaban J connectivity index is 1.79. The largest absolute Gasteiger partial charge is 0.387 e. The molecule has 0 radical (unpaired) electrons. The molecule has 3 nitrogen and oxygen atoms in total. The van der Waals surface area contributed by atoms with E-state index in [1.54, 1.807) is 0 Å². The minimum Gasteiger partial charge on any atom is -0.387 e. The minimum absolute atomic E-state index is 0.296. The maximum Gasteiger partial charge on any atom is 0.0947 e. The molecule has 1 aromatic rings. The fourth-order valence-electron chi connectivity index (χ4n) is 3.70. The Bertz CT molecular complexity index is 448. The third-order valence-corrected chi connectivity index (χ3v) is 4.91. The molecule has 0 bridgehead atoms. The van der Waals surface area contributed by atoms with Gasteiger partial charge in [0.1, 0.15) is 0 Å². The smallest absolute Gasteiger partial charge is 0.0947 e. The number of aryl methyl sites for hydroxylation is 1. The monoisotopic (exact) mass is 274 g/mol. The lowest BCUT2D eigenvalue weighted by atomic mass is 9.97. The van der Waals surface area contributed by atoms with Gasteiger partial charge in [0.2, 0.25) is 0 Å². The first kappa shape index (κ1) is 14.1. The molecule has 0 amide bonds. The number of fused-ring (bicyclic) bond motifs is 1. The molecule has 1 aromatic carbocycles. The van der Waals surface area contributed by atoms with E-state index >= 15 is 0 Å². The molecular formula is C17H26N2O. The van der Waals surface area contributed by atoms with Crippen molar-refractivity contribution in [2.45, 2.75) is 37.8 Å². The highest BCUT2D eigenvalue weighted by Gasteiger charge is 2.31. The predicted molar refractivity (Wildman–Crippen MR) is 81.8 cm³/mol. The van der Waals surface area contributed by atoms with Gasteiger partial charge >= 0.3 is 0 Å². The van der Waals surface area contributed by atoms with Crippen LogP contribution in [0.5, 0.6) is 0 Å². The van der Waals surface area contributed by atoms with Crippen molar-refractivity contribution in [2.75, 3.05) is 33.2 Å². The summed E-state index contributed by atoms with van der Waals surface area (Å²) in [6.07, 6.45) is 4.29. The zero-order valence-electron chi connectivity index (χ0n) is 12.5. The number of rotatable bonds is 1. The summed E-state index contributed by atoms with van der Waals surface area (Å²) in [5.74, 6) is 0. The van der Waals surface area contributed by atoms with Gasteiger partial charge in [-0.15, -0.1) is 0 Å². The molecule has 110 valence electrons. The molecule has 1 fully saturated rings. The van der Waals surface area contributed by atoms with Crippen LogP contribution >= 0.6 is 0 Å². The van der Waals surface area contributed by atoms with Crippen LogP contribution in [-0.2, 0) is 6.42 Å². The lowest BCUT2D eigenvalue weighted by Gasteiger charge is -2.33. The minimum atomic E-state index is -0.322. The summed E-state index contributed by atoms with van der Waals surface area (Å²) in [6, 6.07) is 8.73. The van der Waals surface area contributed by atoms with Crippen molar-refractivity contribution in [1.29, 1.82) is 0 Å². The first-order chi connectivity index (χ1) is 9.75. The molecule has 3 heteroatoms. The summed E-state index contributed by atoms with van der Waals surface area (Å²) >= 11 is 0. The van der Waals surface area contributed by atoms with Crippen molar-refractivity contribution >= 4 is 0 Å². The summed E-state index contributed by atoms with van der Waals surface area (Å²) in [7, 11) is 2.20. The normalized spacial score (nSPS) is 29.5. The van der Waals surface area contributed by atoms with Crippen molar-refractivity contribution in [3.05, 3.63) is 35.4 Å². The third-order valence-electron chi connectivity index (χ3n) is 4.91. The number of likely N-dealkylation sites (N-methyl/N-ethyl adjacent to an activating group) is 1. The van der Waals surface area contributed by atoms with E-state index in [4.69, 9.17) is 0 Å². The highest BCUT2D eigenvalue weighted by atomic mass is 16.3. The van der Waals surface area contributed by atoms with Crippen LogP contribution in [0.3, 0.4) is 0 Å². The fourth-order valence-corrected chi connectivity index (χ4v) is 3.70. The number of hydrogen-bond donors (Lipinski definition) is 1. The van der Waals surface area contributed by atoms with Crippen LogP contribution in [0.1, 0.15) is 36.5 Å². The number of nitrogens with zero attached hydrogens (tertiary/aromatic N) is 2. The highest BCUT2D eigenvalue weighted by Crippen LogP contribution is 2.32. The molecule has 2 unspecified atom stereocenters. The summed E-state index contributed by atoms with van der Waals surface area (Å²) in [5, 5.41) is 10.9. The van der Waals surface area contributed by atoms with Crippen molar-refractivity contribution in [3.8, 4) is 0 Å². The van der Waals surface area contributed by atoms with Gasteiger partial charge in [0.25, 0.3) is 0 Å². The number of hydrogen-bond acceptors (Lipinski definition) is 3. The van der Waals surface area contributed by atoms with Gasteiger partial charge in [-0.1, -0.05) is 24.3 Å². The van der Waals surface area contributed by atoms with E-state index in [1.807, 2.05) is 0 Å². The van der Waals surface area contributed by atoms with E-state index in [2.05, 4.69) is 41.1 Å². The molecule has 0 spiro atoms. The first-order valence-corrected chi connectivity index (χ1v) is 7.94. The topological polar surface area (TPSA) is 26.7 Å². The van der Waals surface area contributed by atoms with Gasteiger partial charge in [-0.25, -0.2) is 0 Å². The maximum absolute atomic E-state index is 10.9. The second-order valence-electron chi connectivity index (χ2n) is 6.30. The molecule has 1 aliphatic heterocycles. The van der Waals surface area contributed by atoms with E-state index in [0.717, 1.165) is 38.0 Å². The number of aliphatic hydroxyl groups is 1. The zero-order valence-corrected chi connectivity index (χ0v) is 12.5. The number of benzene rings is 1. The van der Waals surface area contributed by atoms with Crippen LogP contribution < -0.4 is 0 Å².